The first-order valence-corrected chi connectivity index (χ1v) is 5.24. The highest BCUT2D eigenvalue weighted by Gasteiger charge is 2.30. The molecular formula is C11H13ClF3NO. The third kappa shape index (κ3) is 3.70. The third-order valence-corrected chi connectivity index (χ3v) is 2.59. The van der Waals surface area contributed by atoms with Gasteiger partial charge in [0.25, 0.3) is 0 Å². The van der Waals surface area contributed by atoms with Crippen molar-refractivity contribution in [2.24, 2.45) is 0 Å². The van der Waals surface area contributed by atoms with E-state index < -0.39 is 12.7 Å². The lowest BCUT2D eigenvalue weighted by Crippen LogP contribution is -2.31. The zero-order valence-corrected chi connectivity index (χ0v) is 10.5. The van der Waals surface area contributed by atoms with Crippen LogP contribution in [-0.4, -0.2) is 26.9 Å². The van der Waals surface area contributed by atoms with Gasteiger partial charge in [-0.25, -0.2) is 0 Å². The average molecular weight is 268 g/mol. The first-order chi connectivity index (χ1) is 7.74. The van der Waals surface area contributed by atoms with Crippen LogP contribution in [0.4, 0.5) is 18.9 Å². The minimum absolute atomic E-state index is 0.294. The van der Waals surface area contributed by atoms with E-state index in [2.05, 4.69) is 0 Å². The molecule has 0 aliphatic carbocycles. The average Bonchev–Trinajstić information content (AvgIpc) is 2.18. The molecule has 0 aliphatic rings. The second-order valence-corrected chi connectivity index (χ2v) is 4.15. The molecule has 0 aromatic heterocycles. The van der Waals surface area contributed by atoms with Crippen molar-refractivity contribution in [1.29, 1.82) is 0 Å². The van der Waals surface area contributed by atoms with Crippen LogP contribution in [0.5, 0.6) is 5.75 Å². The molecule has 6 heteroatoms. The monoisotopic (exact) mass is 267 g/mol. The van der Waals surface area contributed by atoms with Crippen LogP contribution in [0.3, 0.4) is 0 Å². The van der Waals surface area contributed by atoms with Crippen molar-refractivity contribution >= 4 is 17.3 Å². The summed E-state index contributed by atoms with van der Waals surface area (Å²) in [6, 6.07) is 3.09. The van der Waals surface area contributed by atoms with Crippen LogP contribution in [0, 0.1) is 6.92 Å². The Morgan fingerprint density at radius 2 is 1.94 bits per heavy atom. The summed E-state index contributed by atoms with van der Waals surface area (Å²) in [6.07, 6.45) is -4.24. The lowest BCUT2D eigenvalue weighted by molar-refractivity contribution is -0.119. The molecule has 0 fully saturated rings. The number of rotatable bonds is 3. The molecule has 2 nitrogen and oxygen atoms in total. The molecule has 1 aromatic carbocycles. The second-order valence-electron chi connectivity index (χ2n) is 3.74. The van der Waals surface area contributed by atoms with Gasteiger partial charge in [-0.15, -0.1) is 0 Å². The molecule has 0 spiro atoms. The summed E-state index contributed by atoms with van der Waals surface area (Å²) in [4.78, 5) is 1.11. The Morgan fingerprint density at radius 1 is 1.35 bits per heavy atom. The van der Waals surface area contributed by atoms with Crippen LogP contribution in [0.2, 0.25) is 5.02 Å². The maximum atomic E-state index is 12.3. The Hall–Kier alpha value is -1.10. The summed E-state index contributed by atoms with van der Waals surface area (Å²) < 4.78 is 41.8. The van der Waals surface area contributed by atoms with Gasteiger partial charge in [0.1, 0.15) is 12.3 Å². The van der Waals surface area contributed by atoms with Crippen molar-refractivity contribution in [2.75, 3.05) is 25.6 Å². The molecule has 96 valence electrons. The van der Waals surface area contributed by atoms with Crippen LogP contribution in [-0.2, 0) is 0 Å². The largest absolute Gasteiger partial charge is 0.495 e. The Kier molecular flexibility index (Phi) is 4.14. The van der Waals surface area contributed by atoms with Gasteiger partial charge in [0.2, 0.25) is 0 Å². The van der Waals surface area contributed by atoms with Crippen molar-refractivity contribution in [3.8, 4) is 5.75 Å². The summed E-state index contributed by atoms with van der Waals surface area (Å²) in [5, 5.41) is 0.294. The molecular weight excluding hydrogens is 255 g/mol. The van der Waals surface area contributed by atoms with E-state index in [1.807, 2.05) is 0 Å². The number of hydrogen-bond acceptors (Lipinski definition) is 2. The number of hydrogen-bond donors (Lipinski definition) is 0. The van der Waals surface area contributed by atoms with Crippen LogP contribution >= 0.6 is 11.6 Å². The Bertz CT molecular complexity index is 406. The van der Waals surface area contributed by atoms with E-state index in [1.165, 1.54) is 20.2 Å². The number of benzene rings is 1. The molecule has 0 atom stereocenters. The van der Waals surface area contributed by atoms with E-state index in [0.29, 0.717) is 22.0 Å². The first-order valence-electron chi connectivity index (χ1n) is 4.86. The fourth-order valence-corrected chi connectivity index (χ4v) is 1.80. The summed E-state index contributed by atoms with van der Waals surface area (Å²) in [5.74, 6) is 0.452. The summed E-state index contributed by atoms with van der Waals surface area (Å²) in [6.45, 7) is 0.692. The molecule has 0 unspecified atom stereocenters. The first kappa shape index (κ1) is 14.0. The van der Waals surface area contributed by atoms with Crippen molar-refractivity contribution in [3.05, 3.63) is 22.7 Å². The zero-order valence-electron chi connectivity index (χ0n) is 9.73. The van der Waals surface area contributed by atoms with Crippen molar-refractivity contribution in [2.45, 2.75) is 13.1 Å². The van der Waals surface area contributed by atoms with Gasteiger partial charge in [-0.3, -0.25) is 0 Å². The SMILES string of the molecule is COc1cc(C)c(N(C)CC(F)(F)F)cc1Cl. The van der Waals surface area contributed by atoms with E-state index in [0.717, 1.165) is 4.90 Å². The lowest BCUT2D eigenvalue weighted by atomic mass is 10.1. The van der Waals surface area contributed by atoms with Gasteiger partial charge in [0, 0.05) is 12.7 Å². The Morgan fingerprint density at radius 3 is 2.41 bits per heavy atom. The van der Waals surface area contributed by atoms with Gasteiger partial charge in [0.05, 0.1) is 12.1 Å². The fourth-order valence-electron chi connectivity index (χ4n) is 1.57. The number of alkyl halides is 3. The van der Waals surface area contributed by atoms with Gasteiger partial charge in [-0.1, -0.05) is 11.6 Å². The van der Waals surface area contributed by atoms with E-state index >= 15 is 0 Å². The highest BCUT2D eigenvalue weighted by atomic mass is 35.5. The second kappa shape index (κ2) is 5.04. The standard InChI is InChI=1S/C11H13ClF3NO/c1-7-4-10(17-3)8(12)5-9(7)16(2)6-11(13,14)15/h4-5H,6H2,1-3H3. The fraction of sp³-hybridized carbons (Fsp3) is 0.455. The minimum atomic E-state index is -4.24. The molecule has 0 saturated carbocycles. The van der Waals surface area contributed by atoms with Crippen LogP contribution in [0.1, 0.15) is 5.56 Å². The normalized spacial score (nSPS) is 11.5. The summed E-state index contributed by atoms with van der Waals surface area (Å²) in [7, 11) is 2.83. The molecule has 0 saturated heterocycles. The number of nitrogens with zero attached hydrogens (tertiary/aromatic N) is 1. The number of aryl methyl sites for hydroxylation is 1. The molecule has 0 aliphatic heterocycles. The predicted octanol–water partition coefficient (Wildman–Crippen LogP) is 3.66. The molecule has 0 heterocycles. The van der Waals surface area contributed by atoms with Crippen LogP contribution < -0.4 is 9.64 Å². The Balaban J connectivity index is 3.02. The van der Waals surface area contributed by atoms with E-state index in [9.17, 15) is 13.2 Å². The maximum absolute atomic E-state index is 12.3. The maximum Gasteiger partial charge on any atom is 0.405 e. The van der Waals surface area contributed by atoms with Gasteiger partial charge in [-0.2, -0.15) is 13.2 Å². The quantitative estimate of drug-likeness (QED) is 0.829. The molecule has 0 radical (unpaired) electrons. The highest BCUT2D eigenvalue weighted by Crippen LogP contribution is 2.33. The summed E-state index contributed by atoms with van der Waals surface area (Å²) >= 11 is 5.88. The van der Waals surface area contributed by atoms with E-state index in [1.54, 1.807) is 13.0 Å². The summed E-state index contributed by atoms with van der Waals surface area (Å²) in [5.41, 5.74) is 1.12. The third-order valence-electron chi connectivity index (χ3n) is 2.30. The Labute approximate surface area is 103 Å². The molecule has 17 heavy (non-hydrogen) atoms. The number of ether oxygens (including phenoxy) is 1. The molecule has 1 rings (SSSR count). The van der Waals surface area contributed by atoms with Crippen LogP contribution in [0.15, 0.2) is 12.1 Å². The van der Waals surface area contributed by atoms with Gasteiger partial charge in [-0.05, 0) is 24.6 Å². The number of methoxy groups -OCH3 is 1. The van der Waals surface area contributed by atoms with Gasteiger partial charge >= 0.3 is 6.18 Å². The molecule has 0 N–H and O–H groups in total. The van der Waals surface area contributed by atoms with Crippen molar-refractivity contribution in [1.82, 2.24) is 0 Å². The van der Waals surface area contributed by atoms with E-state index in [-0.39, 0.29) is 0 Å². The number of anilines is 1. The number of halogens is 4. The highest BCUT2D eigenvalue weighted by molar-refractivity contribution is 6.32. The topological polar surface area (TPSA) is 12.5 Å². The molecule has 0 bridgehead atoms. The van der Waals surface area contributed by atoms with E-state index in [4.69, 9.17) is 16.3 Å². The van der Waals surface area contributed by atoms with Crippen LogP contribution in [0.25, 0.3) is 0 Å². The van der Waals surface area contributed by atoms with Crippen molar-refractivity contribution < 1.29 is 17.9 Å². The predicted molar refractivity (Wildman–Crippen MR) is 62.1 cm³/mol. The zero-order chi connectivity index (χ0) is 13.2. The lowest BCUT2D eigenvalue weighted by Gasteiger charge is -2.23. The molecule has 1 aromatic rings. The smallest absolute Gasteiger partial charge is 0.405 e. The minimum Gasteiger partial charge on any atom is -0.495 e. The molecule has 0 amide bonds. The van der Waals surface area contributed by atoms with Crippen molar-refractivity contribution in [3.63, 3.8) is 0 Å². The van der Waals surface area contributed by atoms with Gasteiger partial charge < -0.3 is 9.64 Å². The van der Waals surface area contributed by atoms with Gasteiger partial charge in [0.15, 0.2) is 0 Å².